The molecule has 0 amide bonds. The van der Waals surface area contributed by atoms with Crippen molar-refractivity contribution in [3.8, 4) is 0 Å². The minimum absolute atomic E-state index is 0.419. The molecule has 0 saturated heterocycles. The molecule has 0 unspecified atom stereocenters. The molecule has 0 bridgehead atoms. The highest BCUT2D eigenvalue weighted by atomic mass is 16.4. The summed E-state index contributed by atoms with van der Waals surface area (Å²) < 4.78 is 0. The number of hydrogen-bond donors (Lipinski definition) is 1. The van der Waals surface area contributed by atoms with Crippen LogP contribution in [-0.2, 0) is 4.79 Å². The SMILES string of the molecule is CCCN(CC1(C(=O)O)CCCC1)C1CC1. The first-order valence-electron chi connectivity index (χ1n) is 6.65. The van der Waals surface area contributed by atoms with Gasteiger partial charge in [0.25, 0.3) is 0 Å². The number of carbonyl (C=O) groups is 1. The molecule has 0 spiro atoms. The lowest BCUT2D eigenvalue weighted by molar-refractivity contribution is -0.150. The van der Waals surface area contributed by atoms with Crippen LogP contribution < -0.4 is 0 Å². The van der Waals surface area contributed by atoms with Gasteiger partial charge in [-0.1, -0.05) is 19.8 Å². The van der Waals surface area contributed by atoms with Gasteiger partial charge in [0.05, 0.1) is 5.41 Å². The molecule has 0 aromatic carbocycles. The summed E-state index contributed by atoms with van der Waals surface area (Å²) in [6, 6.07) is 0.691. The van der Waals surface area contributed by atoms with Gasteiger partial charge in [-0.15, -0.1) is 0 Å². The predicted octanol–water partition coefficient (Wildman–Crippen LogP) is 2.51. The van der Waals surface area contributed by atoms with Crippen LogP contribution in [0.2, 0.25) is 0 Å². The second-order valence-corrected chi connectivity index (χ2v) is 5.49. The van der Waals surface area contributed by atoms with Crippen LogP contribution in [0.4, 0.5) is 0 Å². The summed E-state index contributed by atoms with van der Waals surface area (Å²) in [6.45, 7) is 4.04. The Morgan fingerprint density at radius 1 is 1.38 bits per heavy atom. The van der Waals surface area contributed by atoms with Gasteiger partial charge in [0.2, 0.25) is 0 Å². The minimum Gasteiger partial charge on any atom is -0.481 e. The van der Waals surface area contributed by atoms with Crippen LogP contribution in [0.25, 0.3) is 0 Å². The Hall–Kier alpha value is -0.570. The van der Waals surface area contributed by atoms with Crippen LogP contribution in [0.1, 0.15) is 51.9 Å². The summed E-state index contributed by atoms with van der Waals surface area (Å²) >= 11 is 0. The Morgan fingerprint density at radius 3 is 2.44 bits per heavy atom. The van der Waals surface area contributed by atoms with Crippen LogP contribution >= 0.6 is 0 Å². The fraction of sp³-hybridized carbons (Fsp3) is 0.923. The Balaban J connectivity index is 2.00. The van der Waals surface area contributed by atoms with E-state index in [0.29, 0.717) is 6.04 Å². The monoisotopic (exact) mass is 225 g/mol. The van der Waals surface area contributed by atoms with Crippen molar-refractivity contribution in [3.05, 3.63) is 0 Å². The highest BCUT2D eigenvalue weighted by molar-refractivity contribution is 5.75. The largest absolute Gasteiger partial charge is 0.481 e. The van der Waals surface area contributed by atoms with Gasteiger partial charge in [-0.2, -0.15) is 0 Å². The van der Waals surface area contributed by atoms with E-state index in [1.165, 1.54) is 12.8 Å². The molecule has 3 nitrogen and oxygen atoms in total. The molecule has 0 atom stereocenters. The maximum Gasteiger partial charge on any atom is 0.310 e. The number of carboxylic acids is 1. The Kier molecular flexibility index (Phi) is 3.53. The highest BCUT2D eigenvalue weighted by Gasteiger charge is 2.44. The van der Waals surface area contributed by atoms with E-state index in [2.05, 4.69) is 11.8 Å². The number of rotatable bonds is 6. The number of aliphatic carboxylic acids is 1. The van der Waals surface area contributed by atoms with Gasteiger partial charge in [-0.25, -0.2) is 0 Å². The first kappa shape index (κ1) is 11.9. The van der Waals surface area contributed by atoms with E-state index in [1.54, 1.807) is 0 Å². The molecular formula is C13H23NO2. The standard InChI is InChI=1S/C13H23NO2/c1-2-9-14(11-5-6-11)10-13(12(15)16)7-3-4-8-13/h11H,2-10H2,1H3,(H,15,16). The maximum atomic E-state index is 11.5. The van der Waals surface area contributed by atoms with Gasteiger partial charge in [-0.3, -0.25) is 9.69 Å². The van der Waals surface area contributed by atoms with Crippen molar-refractivity contribution < 1.29 is 9.90 Å². The Morgan fingerprint density at radius 2 is 2.00 bits per heavy atom. The fourth-order valence-electron chi connectivity index (χ4n) is 3.00. The molecule has 3 heteroatoms. The van der Waals surface area contributed by atoms with Crippen molar-refractivity contribution in [2.45, 2.75) is 57.9 Å². The second-order valence-electron chi connectivity index (χ2n) is 5.49. The summed E-state index contributed by atoms with van der Waals surface area (Å²) in [6.07, 6.45) is 7.63. The zero-order chi connectivity index (χ0) is 11.6. The molecule has 0 heterocycles. The third-order valence-electron chi connectivity index (χ3n) is 4.09. The zero-order valence-electron chi connectivity index (χ0n) is 10.2. The summed E-state index contributed by atoms with van der Waals surface area (Å²) in [5.41, 5.74) is -0.419. The first-order chi connectivity index (χ1) is 7.68. The lowest BCUT2D eigenvalue weighted by Crippen LogP contribution is -2.42. The highest BCUT2D eigenvalue weighted by Crippen LogP contribution is 2.41. The summed E-state index contributed by atoms with van der Waals surface area (Å²) in [7, 11) is 0. The average Bonchev–Trinajstić information content (AvgIpc) is 2.98. The molecule has 2 aliphatic carbocycles. The van der Waals surface area contributed by atoms with E-state index in [-0.39, 0.29) is 0 Å². The predicted molar refractivity (Wildman–Crippen MR) is 63.4 cm³/mol. The average molecular weight is 225 g/mol. The molecule has 16 heavy (non-hydrogen) atoms. The van der Waals surface area contributed by atoms with Gasteiger partial charge in [-0.05, 0) is 38.6 Å². The molecule has 2 fully saturated rings. The number of nitrogens with zero attached hydrogens (tertiary/aromatic N) is 1. The maximum absolute atomic E-state index is 11.5. The molecule has 0 aromatic rings. The van der Waals surface area contributed by atoms with Gasteiger partial charge < -0.3 is 5.11 Å². The molecule has 2 aliphatic rings. The summed E-state index contributed by atoms with van der Waals surface area (Å²) in [5, 5.41) is 9.46. The third kappa shape index (κ3) is 2.40. The van der Waals surface area contributed by atoms with Crippen LogP contribution in [-0.4, -0.2) is 35.1 Å². The van der Waals surface area contributed by atoms with Crippen molar-refractivity contribution in [3.63, 3.8) is 0 Å². The van der Waals surface area contributed by atoms with Gasteiger partial charge in [0.15, 0.2) is 0 Å². The zero-order valence-corrected chi connectivity index (χ0v) is 10.2. The topological polar surface area (TPSA) is 40.5 Å². The van der Waals surface area contributed by atoms with Gasteiger partial charge in [0.1, 0.15) is 0 Å². The van der Waals surface area contributed by atoms with E-state index in [1.807, 2.05) is 0 Å². The molecule has 0 aromatic heterocycles. The quantitative estimate of drug-likeness (QED) is 0.755. The van der Waals surface area contributed by atoms with Crippen molar-refractivity contribution in [2.75, 3.05) is 13.1 Å². The van der Waals surface area contributed by atoms with Crippen molar-refractivity contribution >= 4 is 5.97 Å². The van der Waals surface area contributed by atoms with Crippen molar-refractivity contribution in [1.29, 1.82) is 0 Å². The number of hydrogen-bond acceptors (Lipinski definition) is 2. The minimum atomic E-state index is -0.563. The van der Waals surface area contributed by atoms with Crippen LogP contribution in [0, 0.1) is 5.41 Å². The molecule has 0 radical (unpaired) electrons. The lowest BCUT2D eigenvalue weighted by atomic mass is 9.85. The number of carboxylic acid groups (broad SMARTS) is 1. The normalized spacial score (nSPS) is 23.9. The summed E-state index contributed by atoms with van der Waals surface area (Å²) in [5.74, 6) is -0.563. The van der Waals surface area contributed by atoms with E-state index >= 15 is 0 Å². The van der Waals surface area contributed by atoms with E-state index in [9.17, 15) is 9.90 Å². The molecular weight excluding hydrogens is 202 g/mol. The fourth-order valence-corrected chi connectivity index (χ4v) is 3.00. The Bertz CT molecular complexity index is 255. The molecule has 2 saturated carbocycles. The van der Waals surface area contributed by atoms with E-state index < -0.39 is 11.4 Å². The van der Waals surface area contributed by atoms with Gasteiger partial charge in [0, 0.05) is 12.6 Å². The Labute approximate surface area is 97.8 Å². The lowest BCUT2D eigenvalue weighted by Gasteiger charge is -2.32. The van der Waals surface area contributed by atoms with E-state index in [0.717, 1.165) is 45.2 Å². The van der Waals surface area contributed by atoms with Crippen molar-refractivity contribution in [1.82, 2.24) is 4.90 Å². The molecule has 1 N–H and O–H groups in total. The summed E-state index contributed by atoms with van der Waals surface area (Å²) in [4.78, 5) is 13.9. The second kappa shape index (κ2) is 4.74. The third-order valence-corrected chi connectivity index (χ3v) is 4.09. The van der Waals surface area contributed by atoms with E-state index in [4.69, 9.17) is 0 Å². The molecule has 0 aliphatic heterocycles. The molecule has 92 valence electrons. The van der Waals surface area contributed by atoms with Crippen LogP contribution in [0.3, 0.4) is 0 Å². The first-order valence-corrected chi connectivity index (χ1v) is 6.65. The van der Waals surface area contributed by atoms with Crippen LogP contribution in [0.15, 0.2) is 0 Å². The van der Waals surface area contributed by atoms with Crippen LogP contribution in [0.5, 0.6) is 0 Å². The van der Waals surface area contributed by atoms with Crippen molar-refractivity contribution in [2.24, 2.45) is 5.41 Å². The molecule has 2 rings (SSSR count). The smallest absolute Gasteiger partial charge is 0.310 e. The van der Waals surface area contributed by atoms with Gasteiger partial charge >= 0.3 is 5.97 Å².